The van der Waals surface area contributed by atoms with E-state index in [9.17, 15) is 5.11 Å². The van der Waals surface area contributed by atoms with Crippen molar-refractivity contribution in [1.29, 1.82) is 0 Å². The van der Waals surface area contributed by atoms with Crippen molar-refractivity contribution in [2.75, 3.05) is 55.7 Å². The molecule has 8 nitrogen and oxygen atoms in total. The highest BCUT2D eigenvalue weighted by atomic mass is 16.3. The first kappa shape index (κ1) is 18.2. The van der Waals surface area contributed by atoms with Gasteiger partial charge < -0.3 is 14.9 Å². The predicted octanol–water partition coefficient (Wildman–Crippen LogP) is 1.29. The third-order valence-corrected chi connectivity index (χ3v) is 6.00. The molecule has 0 bridgehead atoms. The number of rotatable bonds is 5. The normalized spacial score (nSPS) is 20.8. The molecule has 27 heavy (non-hydrogen) atoms. The number of aromatic amines is 1. The fourth-order valence-corrected chi connectivity index (χ4v) is 4.12. The fourth-order valence-electron chi connectivity index (χ4n) is 4.12. The molecule has 146 valence electrons. The van der Waals surface area contributed by atoms with Crippen LogP contribution in [0, 0.1) is 5.92 Å². The Labute approximate surface area is 160 Å². The van der Waals surface area contributed by atoms with Gasteiger partial charge in [0, 0.05) is 76.1 Å². The van der Waals surface area contributed by atoms with Gasteiger partial charge in [0.2, 0.25) is 0 Å². The molecule has 2 saturated heterocycles. The smallest absolute Gasteiger partial charge is 0.172 e. The Bertz CT molecular complexity index is 707. The van der Waals surface area contributed by atoms with Gasteiger partial charge in [-0.1, -0.05) is 0 Å². The number of hydrogen-bond acceptors (Lipinski definition) is 7. The van der Waals surface area contributed by atoms with Gasteiger partial charge in [0.15, 0.2) is 11.6 Å². The molecule has 4 rings (SSSR count). The van der Waals surface area contributed by atoms with Crippen LogP contribution < -0.4 is 9.80 Å². The van der Waals surface area contributed by atoms with Crippen LogP contribution >= 0.6 is 0 Å². The van der Waals surface area contributed by atoms with Crippen molar-refractivity contribution in [1.82, 2.24) is 25.1 Å². The number of piperidine rings is 1. The summed E-state index contributed by atoms with van der Waals surface area (Å²) >= 11 is 0. The summed E-state index contributed by atoms with van der Waals surface area (Å²) in [6.45, 7) is 8.28. The van der Waals surface area contributed by atoms with Gasteiger partial charge in [-0.15, -0.1) is 0 Å². The average molecular weight is 371 g/mol. The van der Waals surface area contributed by atoms with Crippen LogP contribution in [0.3, 0.4) is 0 Å². The third-order valence-electron chi connectivity index (χ3n) is 6.00. The molecule has 2 aromatic heterocycles. The minimum Gasteiger partial charge on any atom is -0.396 e. The van der Waals surface area contributed by atoms with E-state index in [1.807, 2.05) is 12.4 Å². The molecule has 1 atom stereocenters. The SMILES string of the molecule is CC(c1cn[nH]c1)N1CCN(c2nccnc2N2CCC(CO)CC2)CC1. The highest BCUT2D eigenvalue weighted by Gasteiger charge is 2.27. The largest absolute Gasteiger partial charge is 0.396 e. The molecule has 0 aromatic carbocycles. The zero-order valence-corrected chi connectivity index (χ0v) is 16.0. The van der Waals surface area contributed by atoms with Gasteiger partial charge in [-0.25, -0.2) is 9.97 Å². The molecule has 0 amide bonds. The zero-order chi connectivity index (χ0) is 18.6. The lowest BCUT2D eigenvalue weighted by Gasteiger charge is -2.40. The number of aromatic nitrogens is 4. The van der Waals surface area contributed by atoms with Crippen LogP contribution in [0.1, 0.15) is 31.4 Å². The van der Waals surface area contributed by atoms with Crippen molar-refractivity contribution in [3.63, 3.8) is 0 Å². The van der Waals surface area contributed by atoms with Crippen LogP contribution in [0.4, 0.5) is 11.6 Å². The second-order valence-corrected chi connectivity index (χ2v) is 7.55. The van der Waals surface area contributed by atoms with Gasteiger partial charge in [0.25, 0.3) is 0 Å². The Balaban J connectivity index is 1.41. The number of H-pyrrole nitrogens is 1. The van der Waals surface area contributed by atoms with Crippen LogP contribution in [-0.4, -0.2) is 76.0 Å². The number of aliphatic hydroxyl groups is 1. The van der Waals surface area contributed by atoms with Gasteiger partial charge in [-0.05, 0) is 25.7 Å². The summed E-state index contributed by atoms with van der Waals surface area (Å²) in [5.74, 6) is 2.41. The fraction of sp³-hybridized carbons (Fsp3) is 0.632. The summed E-state index contributed by atoms with van der Waals surface area (Å²) in [7, 11) is 0. The molecule has 2 aromatic rings. The van der Waals surface area contributed by atoms with E-state index in [0.717, 1.165) is 63.7 Å². The van der Waals surface area contributed by atoms with Crippen molar-refractivity contribution < 1.29 is 5.11 Å². The molecule has 0 radical (unpaired) electrons. The average Bonchev–Trinajstić information content (AvgIpc) is 3.28. The maximum absolute atomic E-state index is 9.38. The van der Waals surface area contributed by atoms with Crippen LogP contribution in [-0.2, 0) is 0 Å². The number of anilines is 2. The molecule has 4 heterocycles. The highest BCUT2D eigenvalue weighted by Crippen LogP contribution is 2.30. The molecular formula is C19H29N7O. The van der Waals surface area contributed by atoms with E-state index in [1.165, 1.54) is 5.56 Å². The van der Waals surface area contributed by atoms with E-state index in [2.05, 4.69) is 41.8 Å². The first-order valence-corrected chi connectivity index (χ1v) is 9.90. The van der Waals surface area contributed by atoms with Gasteiger partial charge in [0.1, 0.15) is 0 Å². The maximum atomic E-state index is 9.38. The number of hydrogen-bond donors (Lipinski definition) is 2. The number of piperazine rings is 1. The lowest BCUT2D eigenvalue weighted by atomic mass is 9.98. The van der Waals surface area contributed by atoms with Crippen LogP contribution in [0.25, 0.3) is 0 Å². The van der Waals surface area contributed by atoms with Crippen molar-refractivity contribution >= 4 is 11.6 Å². The first-order valence-electron chi connectivity index (χ1n) is 9.90. The molecule has 2 N–H and O–H groups in total. The summed E-state index contributed by atoms with van der Waals surface area (Å²) < 4.78 is 0. The van der Waals surface area contributed by atoms with Crippen LogP contribution in [0.15, 0.2) is 24.8 Å². The molecular weight excluding hydrogens is 342 g/mol. The summed E-state index contributed by atoms with van der Waals surface area (Å²) in [5.41, 5.74) is 1.23. The summed E-state index contributed by atoms with van der Waals surface area (Å²) in [6.07, 6.45) is 9.50. The van der Waals surface area contributed by atoms with Gasteiger partial charge in [-0.3, -0.25) is 10.00 Å². The Morgan fingerprint density at radius 3 is 2.22 bits per heavy atom. The van der Waals surface area contributed by atoms with E-state index < -0.39 is 0 Å². The molecule has 2 fully saturated rings. The van der Waals surface area contributed by atoms with E-state index in [0.29, 0.717) is 12.0 Å². The second-order valence-electron chi connectivity index (χ2n) is 7.55. The molecule has 8 heteroatoms. The summed E-state index contributed by atoms with van der Waals surface area (Å²) in [6, 6.07) is 0.365. The molecule has 2 aliphatic heterocycles. The number of nitrogens with one attached hydrogen (secondary N) is 1. The predicted molar refractivity (Wildman–Crippen MR) is 105 cm³/mol. The van der Waals surface area contributed by atoms with Crippen molar-refractivity contribution in [2.24, 2.45) is 5.92 Å². The van der Waals surface area contributed by atoms with Crippen molar-refractivity contribution in [2.45, 2.75) is 25.8 Å². The third kappa shape index (κ3) is 3.91. The lowest BCUT2D eigenvalue weighted by Crippen LogP contribution is -2.48. The van der Waals surface area contributed by atoms with E-state index in [-0.39, 0.29) is 6.61 Å². The molecule has 0 aliphatic carbocycles. The minimum absolute atomic E-state index is 0.290. The molecule has 0 saturated carbocycles. The minimum atomic E-state index is 0.290. The van der Waals surface area contributed by atoms with Crippen LogP contribution in [0.5, 0.6) is 0 Å². The van der Waals surface area contributed by atoms with Crippen molar-refractivity contribution in [3.8, 4) is 0 Å². The van der Waals surface area contributed by atoms with Gasteiger partial charge in [-0.2, -0.15) is 5.10 Å². The van der Waals surface area contributed by atoms with E-state index >= 15 is 0 Å². The van der Waals surface area contributed by atoms with E-state index in [1.54, 1.807) is 12.4 Å². The van der Waals surface area contributed by atoms with Gasteiger partial charge >= 0.3 is 0 Å². The molecule has 1 unspecified atom stereocenters. The lowest BCUT2D eigenvalue weighted by molar-refractivity contribution is 0.198. The monoisotopic (exact) mass is 371 g/mol. The van der Waals surface area contributed by atoms with E-state index in [4.69, 9.17) is 0 Å². The number of nitrogens with zero attached hydrogens (tertiary/aromatic N) is 6. The Hall–Kier alpha value is -2.19. The summed E-state index contributed by atoms with van der Waals surface area (Å²) in [4.78, 5) is 16.5. The zero-order valence-electron chi connectivity index (χ0n) is 16.0. The quantitative estimate of drug-likeness (QED) is 0.819. The highest BCUT2D eigenvalue weighted by molar-refractivity contribution is 5.62. The Kier molecular flexibility index (Phi) is 5.54. The molecule has 2 aliphatic rings. The second kappa shape index (κ2) is 8.22. The standard InChI is InChI=1S/C19H29N7O/c1-15(17-12-22-23-13-17)24-8-10-26(11-9-24)19-18(20-4-5-21-19)25-6-2-16(14-27)3-7-25/h4-5,12-13,15-16,27H,2-3,6-11,14H2,1H3,(H,22,23). The number of aliphatic hydroxyl groups excluding tert-OH is 1. The van der Waals surface area contributed by atoms with Crippen molar-refractivity contribution in [3.05, 3.63) is 30.4 Å². The Morgan fingerprint density at radius 2 is 1.67 bits per heavy atom. The first-order chi connectivity index (χ1) is 13.3. The Morgan fingerprint density at radius 1 is 1.04 bits per heavy atom. The van der Waals surface area contributed by atoms with Crippen LogP contribution in [0.2, 0.25) is 0 Å². The topological polar surface area (TPSA) is 84.4 Å². The van der Waals surface area contributed by atoms with Gasteiger partial charge in [0.05, 0.1) is 6.20 Å². The maximum Gasteiger partial charge on any atom is 0.172 e. The summed E-state index contributed by atoms with van der Waals surface area (Å²) in [5, 5.41) is 16.4. The molecule has 0 spiro atoms.